The molecule has 4 nitrogen and oxygen atoms in total. The van der Waals surface area contributed by atoms with E-state index in [4.69, 9.17) is 12.2 Å². The number of rotatable bonds is 0. The van der Waals surface area contributed by atoms with E-state index in [9.17, 15) is 9.59 Å². The number of carbonyl (C=O) groups is 2. The van der Waals surface area contributed by atoms with Gasteiger partial charge >= 0.3 is 0 Å². The Hall–Kier alpha value is -0.970. The van der Waals surface area contributed by atoms with Crippen LogP contribution in [0, 0.1) is 17.3 Å². The van der Waals surface area contributed by atoms with Gasteiger partial charge in [0.25, 0.3) is 0 Å². The van der Waals surface area contributed by atoms with E-state index < -0.39 is 5.41 Å². The lowest BCUT2D eigenvalue weighted by atomic mass is 9.59. The molecular weight excluding hydrogens is 224 g/mol. The molecule has 1 heterocycles. The molecule has 0 aromatic heterocycles. The maximum Gasteiger partial charge on any atom is 0.242 e. The van der Waals surface area contributed by atoms with Crippen molar-refractivity contribution >= 4 is 29.1 Å². The standard InChI is InChI=1S/C11H16N2O2S/c1-6-4-3-5-7(2)11(6)8(14)12-10(16)13-9(11)15/h6-7H,3-5H2,1-2H3,(H2,12,13,14,15,16). The van der Waals surface area contributed by atoms with Crippen molar-refractivity contribution in [3.8, 4) is 0 Å². The van der Waals surface area contributed by atoms with E-state index in [1.807, 2.05) is 13.8 Å². The van der Waals surface area contributed by atoms with Gasteiger partial charge in [-0.1, -0.05) is 20.3 Å². The van der Waals surface area contributed by atoms with Crippen LogP contribution >= 0.6 is 12.2 Å². The Morgan fingerprint density at radius 3 is 2.00 bits per heavy atom. The Balaban J connectivity index is 2.43. The predicted octanol–water partition coefficient (Wildman–Crippen LogP) is 0.960. The molecule has 88 valence electrons. The molecule has 2 rings (SSSR count). The average molecular weight is 240 g/mol. The number of amides is 2. The first-order chi connectivity index (χ1) is 7.49. The van der Waals surface area contributed by atoms with Gasteiger partial charge in [0.2, 0.25) is 11.8 Å². The van der Waals surface area contributed by atoms with Crippen molar-refractivity contribution in [1.29, 1.82) is 0 Å². The summed E-state index contributed by atoms with van der Waals surface area (Å²) in [5.41, 5.74) is -0.916. The van der Waals surface area contributed by atoms with Crippen LogP contribution < -0.4 is 10.6 Å². The molecule has 2 unspecified atom stereocenters. The highest BCUT2D eigenvalue weighted by atomic mass is 32.1. The molecule has 2 N–H and O–H groups in total. The first-order valence-electron chi connectivity index (χ1n) is 5.66. The molecule has 16 heavy (non-hydrogen) atoms. The lowest BCUT2D eigenvalue weighted by Crippen LogP contribution is -2.67. The molecule has 0 bridgehead atoms. The topological polar surface area (TPSA) is 58.2 Å². The van der Waals surface area contributed by atoms with Crippen molar-refractivity contribution in [3.63, 3.8) is 0 Å². The highest BCUT2D eigenvalue weighted by Gasteiger charge is 2.57. The van der Waals surface area contributed by atoms with E-state index >= 15 is 0 Å². The van der Waals surface area contributed by atoms with Crippen LogP contribution in [0.4, 0.5) is 0 Å². The van der Waals surface area contributed by atoms with Crippen molar-refractivity contribution in [1.82, 2.24) is 10.6 Å². The Morgan fingerprint density at radius 2 is 1.56 bits per heavy atom. The van der Waals surface area contributed by atoms with Gasteiger partial charge in [0, 0.05) is 0 Å². The minimum atomic E-state index is -0.916. The quantitative estimate of drug-likeness (QED) is 0.490. The predicted molar refractivity (Wildman–Crippen MR) is 63.5 cm³/mol. The molecule has 1 aliphatic heterocycles. The number of carbonyl (C=O) groups excluding carboxylic acids is 2. The normalized spacial score (nSPS) is 33.5. The van der Waals surface area contributed by atoms with Gasteiger partial charge < -0.3 is 10.6 Å². The van der Waals surface area contributed by atoms with E-state index in [2.05, 4.69) is 10.6 Å². The Labute approximate surface area is 100 Å². The second-order valence-electron chi connectivity index (χ2n) is 4.84. The molecule has 1 spiro atoms. The van der Waals surface area contributed by atoms with Crippen LogP contribution in [0.25, 0.3) is 0 Å². The molecule has 2 aliphatic rings. The largest absolute Gasteiger partial charge is 0.302 e. The second kappa shape index (κ2) is 3.80. The first kappa shape index (κ1) is 11.5. The van der Waals surface area contributed by atoms with Gasteiger partial charge in [0.1, 0.15) is 5.41 Å². The van der Waals surface area contributed by atoms with Gasteiger partial charge in [-0.05, 0) is 36.9 Å². The lowest BCUT2D eigenvalue weighted by molar-refractivity contribution is -0.154. The van der Waals surface area contributed by atoms with Crippen LogP contribution in [0.15, 0.2) is 0 Å². The third kappa shape index (κ3) is 1.38. The van der Waals surface area contributed by atoms with E-state index in [0.29, 0.717) is 0 Å². The molecule has 0 aromatic rings. The van der Waals surface area contributed by atoms with Crippen LogP contribution in [0.3, 0.4) is 0 Å². The van der Waals surface area contributed by atoms with Gasteiger partial charge in [0.15, 0.2) is 5.11 Å². The van der Waals surface area contributed by atoms with Crippen molar-refractivity contribution in [2.75, 3.05) is 0 Å². The number of hydrogen-bond acceptors (Lipinski definition) is 3. The number of thiocarbonyl (C=S) groups is 1. The Kier molecular flexibility index (Phi) is 2.74. The van der Waals surface area contributed by atoms with Crippen molar-refractivity contribution in [2.24, 2.45) is 17.3 Å². The van der Waals surface area contributed by atoms with E-state index in [1.165, 1.54) is 0 Å². The molecule has 0 radical (unpaired) electrons. The second-order valence-corrected chi connectivity index (χ2v) is 5.25. The molecule has 1 saturated heterocycles. The van der Waals surface area contributed by atoms with E-state index in [0.717, 1.165) is 19.3 Å². The molecule has 5 heteroatoms. The fourth-order valence-corrected chi connectivity index (χ4v) is 3.30. The maximum absolute atomic E-state index is 12.2. The highest BCUT2D eigenvalue weighted by Crippen LogP contribution is 2.46. The summed E-state index contributed by atoms with van der Waals surface area (Å²) in [5.74, 6) is -0.305. The van der Waals surface area contributed by atoms with Crippen LogP contribution in [-0.2, 0) is 9.59 Å². The molecule has 1 aliphatic carbocycles. The SMILES string of the molecule is CC1CCCC(C)C12C(=O)NC(=S)NC2=O. The molecular formula is C11H16N2O2S. The number of nitrogens with one attached hydrogen (secondary N) is 2. The fraction of sp³-hybridized carbons (Fsp3) is 0.727. The summed E-state index contributed by atoms with van der Waals surface area (Å²) in [6, 6.07) is 0. The molecule has 2 atom stereocenters. The van der Waals surface area contributed by atoms with Gasteiger partial charge in [-0.15, -0.1) is 0 Å². The first-order valence-corrected chi connectivity index (χ1v) is 6.07. The van der Waals surface area contributed by atoms with Crippen molar-refractivity contribution in [2.45, 2.75) is 33.1 Å². The smallest absolute Gasteiger partial charge is 0.242 e. The summed E-state index contributed by atoms with van der Waals surface area (Å²) in [7, 11) is 0. The van der Waals surface area contributed by atoms with Gasteiger partial charge in [-0.3, -0.25) is 9.59 Å². The average Bonchev–Trinajstić information content (AvgIpc) is 2.15. The zero-order valence-electron chi connectivity index (χ0n) is 9.50. The molecule has 0 aromatic carbocycles. The number of hydrogen-bond donors (Lipinski definition) is 2. The Bertz CT molecular complexity index is 335. The van der Waals surface area contributed by atoms with E-state index in [1.54, 1.807) is 0 Å². The summed E-state index contributed by atoms with van der Waals surface area (Å²) in [6.45, 7) is 3.95. The summed E-state index contributed by atoms with van der Waals surface area (Å²) >= 11 is 4.83. The third-order valence-corrected chi connectivity index (χ3v) is 4.24. The van der Waals surface area contributed by atoms with Gasteiger partial charge in [-0.25, -0.2) is 0 Å². The van der Waals surface area contributed by atoms with Crippen LogP contribution in [0.2, 0.25) is 0 Å². The van der Waals surface area contributed by atoms with Gasteiger partial charge in [0.05, 0.1) is 0 Å². The highest BCUT2D eigenvalue weighted by molar-refractivity contribution is 7.80. The lowest BCUT2D eigenvalue weighted by Gasteiger charge is -2.46. The van der Waals surface area contributed by atoms with Crippen molar-refractivity contribution < 1.29 is 9.59 Å². The molecule has 2 amide bonds. The zero-order valence-corrected chi connectivity index (χ0v) is 10.3. The van der Waals surface area contributed by atoms with Crippen LogP contribution in [0.5, 0.6) is 0 Å². The fourth-order valence-electron chi connectivity index (χ4n) is 3.11. The summed E-state index contributed by atoms with van der Waals surface area (Å²) in [4.78, 5) is 24.3. The molecule has 1 saturated carbocycles. The summed E-state index contributed by atoms with van der Waals surface area (Å²) in [5, 5.41) is 5.31. The minimum Gasteiger partial charge on any atom is -0.302 e. The summed E-state index contributed by atoms with van der Waals surface area (Å²) in [6.07, 6.45) is 2.91. The minimum absolute atomic E-state index is 0.0688. The summed E-state index contributed by atoms with van der Waals surface area (Å²) < 4.78 is 0. The van der Waals surface area contributed by atoms with Crippen LogP contribution in [0.1, 0.15) is 33.1 Å². The van der Waals surface area contributed by atoms with Crippen LogP contribution in [-0.4, -0.2) is 16.9 Å². The van der Waals surface area contributed by atoms with E-state index in [-0.39, 0.29) is 28.8 Å². The Morgan fingerprint density at radius 1 is 1.12 bits per heavy atom. The molecule has 2 fully saturated rings. The third-order valence-electron chi connectivity index (χ3n) is 4.03. The monoisotopic (exact) mass is 240 g/mol. The maximum atomic E-state index is 12.2. The zero-order chi connectivity index (χ0) is 11.9. The van der Waals surface area contributed by atoms with Gasteiger partial charge in [-0.2, -0.15) is 0 Å². The van der Waals surface area contributed by atoms with Crippen molar-refractivity contribution in [3.05, 3.63) is 0 Å².